The van der Waals surface area contributed by atoms with Crippen LogP contribution in [-0.4, -0.2) is 25.8 Å². The molecule has 1 heterocycles. The summed E-state index contributed by atoms with van der Waals surface area (Å²) in [6, 6.07) is 14.9. The number of anilines is 1. The zero-order chi connectivity index (χ0) is 20.5. The van der Waals surface area contributed by atoms with Gasteiger partial charge in [-0.25, -0.2) is 4.39 Å². The standard InChI is InChI=1S/C20H14FN5O3/c1-12-10-17-18(24-25(23-17)14-8-6-13(21)7-9-14)11-16(12)22-20(27)15-4-2-3-5-19(15)26(28)29/h2-11H,1H3,(H,22,27). The van der Waals surface area contributed by atoms with E-state index >= 15 is 0 Å². The lowest BCUT2D eigenvalue weighted by Gasteiger charge is -2.08. The van der Waals surface area contributed by atoms with Gasteiger partial charge in [0.2, 0.25) is 0 Å². The molecule has 3 aromatic carbocycles. The van der Waals surface area contributed by atoms with Crippen molar-refractivity contribution in [3.05, 3.63) is 87.7 Å². The molecule has 4 rings (SSSR count). The van der Waals surface area contributed by atoms with Crippen molar-refractivity contribution in [2.75, 3.05) is 5.32 Å². The highest BCUT2D eigenvalue weighted by atomic mass is 19.1. The maximum absolute atomic E-state index is 13.1. The van der Waals surface area contributed by atoms with Crippen LogP contribution < -0.4 is 5.32 Å². The summed E-state index contributed by atoms with van der Waals surface area (Å²) in [6.45, 7) is 1.78. The summed E-state index contributed by atoms with van der Waals surface area (Å²) in [7, 11) is 0. The van der Waals surface area contributed by atoms with E-state index in [0.29, 0.717) is 22.4 Å². The molecule has 0 unspecified atom stereocenters. The number of aryl methyl sites for hydroxylation is 1. The van der Waals surface area contributed by atoms with E-state index in [9.17, 15) is 19.3 Å². The van der Waals surface area contributed by atoms with Gasteiger partial charge < -0.3 is 5.32 Å². The zero-order valence-corrected chi connectivity index (χ0v) is 15.2. The van der Waals surface area contributed by atoms with Crippen LogP contribution in [0.4, 0.5) is 15.8 Å². The Kier molecular flexibility index (Phi) is 4.47. The van der Waals surface area contributed by atoms with Crippen molar-refractivity contribution in [1.82, 2.24) is 15.0 Å². The smallest absolute Gasteiger partial charge is 0.282 e. The highest BCUT2D eigenvalue weighted by Crippen LogP contribution is 2.24. The molecular formula is C20H14FN5O3. The minimum atomic E-state index is -0.598. The SMILES string of the molecule is Cc1cc2nn(-c3ccc(F)cc3)nc2cc1NC(=O)c1ccccc1[N+](=O)[O-]. The summed E-state index contributed by atoms with van der Waals surface area (Å²) < 4.78 is 13.1. The maximum atomic E-state index is 13.1. The molecule has 144 valence electrons. The van der Waals surface area contributed by atoms with Gasteiger partial charge in [0.25, 0.3) is 11.6 Å². The van der Waals surface area contributed by atoms with Gasteiger partial charge in [-0.2, -0.15) is 4.80 Å². The topological polar surface area (TPSA) is 103 Å². The molecule has 8 nitrogen and oxygen atoms in total. The highest BCUT2D eigenvalue weighted by molar-refractivity contribution is 6.08. The third kappa shape index (κ3) is 3.53. The number of hydrogen-bond acceptors (Lipinski definition) is 5. The average molecular weight is 391 g/mol. The minimum Gasteiger partial charge on any atom is -0.321 e. The van der Waals surface area contributed by atoms with Crippen molar-refractivity contribution in [2.45, 2.75) is 6.92 Å². The second-order valence-corrected chi connectivity index (χ2v) is 6.35. The number of nitrogens with zero attached hydrogens (tertiary/aromatic N) is 4. The molecule has 9 heteroatoms. The Balaban J connectivity index is 1.68. The van der Waals surface area contributed by atoms with E-state index < -0.39 is 10.8 Å². The van der Waals surface area contributed by atoms with E-state index in [1.807, 2.05) is 0 Å². The number of nitrogens with one attached hydrogen (secondary N) is 1. The summed E-state index contributed by atoms with van der Waals surface area (Å²) in [6.07, 6.45) is 0. The van der Waals surface area contributed by atoms with Crippen LogP contribution in [0, 0.1) is 22.9 Å². The molecule has 0 saturated carbocycles. The number of fused-ring (bicyclic) bond motifs is 1. The Labute approximate surface area is 163 Å². The van der Waals surface area contributed by atoms with Gasteiger partial charge >= 0.3 is 0 Å². The quantitative estimate of drug-likeness (QED) is 0.418. The van der Waals surface area contributed by atoms with Crippen molar-refractivity contribution in [3.8, 4) is 5.69 Å². The number of carbonyl (C=O) groups excluding carboxylic acids is 1. The molecule has 1 amide bonds. The predicted octanol–water partition coefficient (Wildman–Crippen LogP) is 4.03. The molecule has 29 heavy (non-hydrogen) atoms. The van der Waals surface area contributed by atoms with E-state index in [-0.39, 0.29) is 17.1 Å². The Hall–Kier alpha value is -4.14. The van der Waals surface area contributed by atoms with Crippen molar-refractivity contribution < 1.29 is 14.1 Å². The third-order valence-electron chi connectivity index (χ3n) is 4.38. The number of benzene rings is 3. The molecule has 1 aromatic heterocycles. The normalized spacial score (nSPS) is 10.8. The number of para-hydroxylation sites is 1. The van der Waals surface area contributed by atoms with Gasteiger partial charge in [0, 0.05) is 11.8 Å². The van der Waals surface area contributed by atoms with Crippen LogP contribution in [0.15, 0.2) is 60.7 Å². The Morgan fingerprint density at radius 1 is 1.07 bits per heavy atom. The highest BCUT2D eigenvalue weighted by Gasteiger charge is 2.20. The summed E-state index contributed by atoms with van der Waals surface area (Å²) in [5, 5.41) is 22.6. The van der Waals surface area contributed by atoms with Gasteiger partial charge in [-0.05, 0) is 55.0 Å². The minimum absolute atomic E-state index is 0.0352. The number of hydrogen-bond donors (Lipinski definition) is 1. The lowest BCUT2D eigenvalue weighted by atomic mass is 10.1. The fourth-order valence-electron chi connectivity index (χ4n) is 2.91. The number of aromatic nitrogens is 3. The predicted molar refractivity (Wildman–Crippen MR) is 105 cm³/mol. The maximum Gasteiger partial charge on any atom is 0.282 e. The van der Waals surface area contributed by atoms with Crippen LogP contribution in [0.25, 0.3) is 16.7 Å². The third-order valence-corrected chi connectivity index (χ3v) is 4.38. The van der Waals surface area contributed by atoms with Gasteiger partial charge in [-0.3, -0.25) is 14.9 Å². The second-order valence-electron chi connectivity index (χ2n) is 6.35. The fraction of sp³-hybridized carbons (Fsp3) is 0.0500. The molecule has 1 N–H and O–H groups in total. The number of rotatable bonds is 4. The molecule has 4 aromatic rings. The lowest BCUT2D eigenvalue weighted by molar-refractivity contribution is -0.385. The summed E-state index contributed by atoms with van der Waals surface area (Å²) in [5.74, 6) is -0.952. The first-order valence-electron chi connectivity index (χ1n) is 8.61. The average Bonchev–Trinajstić information content (AvgIpc) is 3.11. The van der Waals surface area contributed by atoms with Crippen LogP contribution in [0.1, 0.15) is 15.9 Å². The van der Waals surface area contributed by atoms with E-state index in [1.54, 1.807) is 37.3 Å². The largest absolute Gasteiger partial charge is 0.321 e. The Bertz CT molecular complexity index is 1250. The van der Waals surface area contributed by atoms with Crippen LogP contribution in [0.3, 0.4) is 0 Å². The van der Waals surface area contributed by atoms with Gasteiger partial charge in [-0.15, -0.1) is 10.2 Å². The molecule has 0 fully saturated rings. The molecule has 0 aliphatic rings. The first-order chi connectivity index (χ1) is 13.9. The van der Waals surface area contributed by atoms with Crippen molar-refractivity contribution in [1.29, 1.82) is 0 Å². The molecule has 0 saturated heterocycles. The van der Waals surface area contributed by atoms with Crippen LogP contribution in [0.5, 0.6) is 0 Å². The molecule has 0 aliphatic heterocycles. The van der Waals surface area contributed by atoms with E-state index in [1.165, 1.54) is 35.1 Å². The Morgan fingerprint density at radius 3 is 2.41 bits per heavy atom. The van der Waals surface area contributed by atoms with Gasteiger partial charge in [0.05, 0.1) is 10.6 Å². The van der Waals surface area contributed by atoms with Gasteiger partial charge in [-0.1, -0.05) is 12.1 Å². The van der Waals surface area contributed by atoms with Crippen LogP contribution in [-0.2, 0) is 0 Å². The monoisotopic (exact) mass is 391 g/mol. The molecule has 0 bridgehead atoms. The van der Waals surface area contributed by atoms with Gasteiger partial charge in [0.15, 0.2) is 0 Å². The number of nitro groups is 1. The second kappa shape index (κ2) is 7.12. The van der Waals surface area contributed by atoms with Gasteiger partial charge in [0.1, 0.15) is 22.4 Å². The van der Waals surface area contributed by atoms with Crippen molar-refractivity contribution >= 4 is 28.3 Å². The van der Waals surface area contributed by atoms with E-state index in [2.05, 4.69) is 15.5 Å². The molecule has 0 aliphatic carbocycles. The van der Waals surface area contributed by atoms with E-state index in [4.69, 9.17) is 0 Å². The Morgan fingerprint density at radius 2 is 1.72 bits per heavy atom. The zero-order valence-electron chi connectivity index (χ0n) is 15.2. The molecule has 0 spiro atoms. The molecule has 0 atom stereocenters. The van der Waals surface area contributed by atoms with Crippen LogP contribution in [0.2, 0.25) is 0 Å². The summed E-state index contributed by atoms with van der Waals surface area (Å²) >= 11 is 0. The lowest BCUT2D eigenvalue weighted by Crippen LogP contribution is -2.14. The first-order valence-corrected chi connectivity index (χ1v) is 8.61. The summed E-state index contributed by atoms with van der Waals surface area (Å²) in [4.78, 5) is 24.5. The molecule has 0 radical (unpaired) electrons. The molecular weight excluding hydrogens is 377 g/mol. The van der Waals surface area contributed by atoms with Crippen molar-refractivity contribution in [2.24, 2.45) is 0 Å². The number of carbonyl (C=O) groups is 1. The summed E-state index contributed by atoms with van der Waals surface area (Å²) in [5.41, 5.74) is 2.57. The van der Waals surface area contributed by atoms with Crippen LogP contribution >= 0.6 is 0 Å². The number of amides is 1. The first kappa shape index (κ1) is 18.2. The number of nitro benzene ring substituents is 1. The van der Waals surface area contributed by atoms with E-state index in [0.717, 1.165) is 5.56 Å². The fourth-order valence-corrected chi connectivity index (χ4v) is 2.91. The van der Waals surface area contributed by atoms with Crippen molar-refractivity contribution in [3.63, 3.8) is 0 Å². The number of halogens is 1.